The molecule has 0 rings (SSSR count). The summed E-state index contributed by atoms with van der Waals surface area (Å²) < 4.78 is 0. The van der Waals surface area contributed by atoms with Crippen molar-refractivity contribution in [3.05, 3.63) is 24.4 Å². The van der Waals surface area contributed by atoms with Crippen molar-refractivity contribution in [3.63, 3.8) is 0 Å². The Hall–Kier alpha value is -1.33. The minimum atomic E-state index is 0.488. The fourth-order valence-electron chi connectivity index (χ4n) is 1.51. The molecule has 100 valence electrons. The van der Waals surface area contributed by atoms with E-state index >= 15 is 0 Å². The second kappa shape index (κ2) is 10.8. The van der Waals surface area contributed by atoms with Crippen molar-refractivity contribution in [1.29, 1.82) is 0 Å². The first-order valence-corrected chi connectivity index (χ1v) is 6.62. The zero-order valence-corrected chi connectivity index (χ0v) is 12.1. The minimum Gasteiger partial charge on any atom is -0.302 e. The van der Waals surface area contributed by atoms with Gasteiger partial charge in [0.25, 0.3) is 0 Å². The zero-order valence-electron chi connectivity index (χ0n) is 12.1. The molecular formula is C16H26N2. The summed E-state index contributed by atoms with van der Waals surface area (Å²) >= 11 is 0. The van der Waals surface area contributed by atoms with Gasteiger partial charge in [0.05, 0.1) is 0 Å². The van der Waals surface area contributed by atoms with Crippen molar-refractivity contribution in [2.45, 2.75) is 39.7 Å². The van der Waals surface area contributed by atoms with Gasteiger partial charge in [0.15, 0.2) is 0 Å². The van der Waals surface area contributed by atoms with E-state index in [0.717, 1.165) is 19.4 Å². The van der Waals surface area contributed by atoms with Gasteiger partial charge >= 0.3 is 0 Å². The van der Waals surface area contributed by atoms with E-state index in [1.165, 1.54) is 0 Å². The van der Waals surface area contributed by atoms with E-state index in [0.29, 0.717) is 12.0 Å². The molecule has 0 aromatic rings. The summed E-state index contributed by atoms with van der Waals surface area (Å²) in [5.41, 5.74) is 0. The van der Waals surface area contributed by atoms with E-state index in [4.69, 9.17) is 6.42 Å². The van der Waals surface area contributed by atoms with Crippen LogP contribution >= 0.6 is 0 Å². The van der Waals surface area contributed by atoms with Crippen LogP contribution in [0.5, 0.6) is 0 Å². The molecule has 2 nitrogen and oxygen atoms in total. The van der Waals surface area contributed by atoms with E-state index in [-0.39, 0.29) is 0 Å². The molecule has 0 aromatic carbocycles. The first kappa shape index (κ1) is 16.7. The highest BCUT2D eigenvalue weighted by Gasteiger charge is 2.13. The molecule has 0 fully saturated rings. The molecule has 0 bridgehead atoms. The lowest BCUT2D eigenvalue weighted by atomic mass is 10.0. The highest BCUT2D eigenvalue weighted by atomic mass is 15.1. The molecule has 0 spiro atoms. The molecule has 2 atom stereocenters. The Bertz CT molecular complexity index is 320. The van der Waals surface area contributed by atoms with Crippen LogP contribution in [0, 0.1) is 18.3 Å². The lowest BCUT2D eigenvalue weighted by Crippen LogP contribution is -2.34. The molecule has 18 heavy (non-hydrogen) atoms. The Morgan fingerprint density at radius 3 is 2.67 bits per heavy atom. The van der Waals surface area contributed by atoms with Gasteiger partial charge in [-0.3, -0.25) is 4.99 Å². The highest BCUT2D eigenvalue weighted by Crippen LogP contribution is 2.11. The summed E-state index contributed by atoms with van der Waals surface area (Å²) in [5.74, 6) is 3.17. The SMILES string of the molecule is C#CCCN(C)C(C)C(C)/C=C/C=C\N=CCC. The zero-order chi connectivity index (χ0) is 13.8. The van der Waals surface area contributed by atoms with Crippen LogP contribution in [0.4, 0.5) is 0 Å². The molecule has 0 radical (unpaired) electrons. The van der Waals surface area contributed by atoms with Crippen molar-refractivity contribution >= 4 is 6.21 Å². The number of terminal acetylenes is 1. The largest absolute Gasteiger partial charge is 0.302 e. The van der Waals surface area contributed by atoms with Gasteiger partial charge in [0.2, 0.25) is 0 Å². The van der Waals surface area contributed by atoms with Gasteiger partial charge in [-0.25, -0.2) is 0 Å². The van der Waals surface area contributed by atoms with Gasteiger partial charge in [-0.1, -0.05) is 26.0 Å². The van der Waals surface area contributed by atoms with E-state index in [2.05, 4.69) is 55.8 Å². The van der Waals surface area contributed by atoms with Gasteiger partial charge in [0.1, 0.15) is 0 Å². The number of hydrogen-bond acceptors (Lipinski definition) is 2. The van der Waals surface area contributed by atoms with Gasteiger partial charge in [-0.2, -0.15) is 0 Å². The lowest BCUT2D eigenvalue weighted by molar-refractivity contribution is 0.226. The van der Waals surface area contributed by atoms with Crippen molar-refractivity contribution in [3.8, 4) is 12.3 Å². The normalized spacial score (nSPS) is 15.8. The number of aliphatic imine (C=N–C) groups is 1. The number of nitrogens with zero attached hydrogens (tertiary/aromatic N) is 2. The number of hydrogen-bond donors (Lipinski definition) is 0. The monoisotopic (exact) mass is 246 g/mol. The molecule has 0 saturated carbocycles. The van der Waals surface area contributed by atoms with Gasteiger partial charge in [-0.05, 0) is 32.4 Å². The fourth-order valence-corrected chi connectivity index (χ4v) is 1.51. The summed E-state index contributed by atoms with van der Waals surface area (Å²) in [7, 11) is 2.12. The van der Waals surface area contributed by atoms with Crippen molar-refractivity contribution in [2.75, 3.05) is 13.6 Å². The van der Waals surface area contributed by atoms with Crippen LogP contribution in [-0.4, -0.2) is 30.7 Å². The maximum atomic E-state index is 5.28. The average molecular weight is 246 g/mol. The second-order valence-electron chi connectivity index (χ2n) is 4.50. The smallest absolute Gasteiger partial charge is 0.0263 e. The Morgan fingerprint density at radius 2 is 2.06 bits per heavy atom. The lowest BCUT2D eigenvalue weighted by Gasteiger charge is -2.27. The Labute approximate surface area is 112 Å². The van der Waals surface area contributed by atoms with E-state index in [1.807, 2.05) is 18.5 Å². The van der Waals surface area contributed by atoms with Crippen LogP contribution in [0.2, 0.25) is 0 Å². The molecule has 0 aliphatic carbocycles. The molecule has 2 unspecified atom stereocenters. The fraction of sp³-hybridized carbons (Fsp3) is 0.562. The molecule has 2 heteroatoms. The predicted octanol–water partition coefficient (Wildman–Crippen LogP) is 3.52. The molecule has 0 aromatic heterocycles. The Balaban J connectivity index is 4.10. The van der Waals surface area contributed by atoms with Gasteiger partial charge < -0.3 is 4.90 Å². The van der Waals surface area contributed by atoms with E-state index in [1.54, 1.807) is 0 Å². The van der Waals surface area contributed by atoms with Gasteiger partial charge in [-0.15, -0.1) is 12.3 Å². The highest BCUT2D eigenvalue weighted by molar-refractivity contribution is 5.57. The van der Waals surface area contributed by atoms with Crippen LogP contribution in [-0.2, 0) is 0 Å². The quantitative estimate of drug-likeness (QED) is 0.363. The van der Waals surface area contributed by atoms with Gasteiger partial charge in [0, 0.05) is 31.4 Å². The van der Waals surface area contributed by atoms with Crippen LogP contribution in [0.3, 0.4) is 0 Å². The second-order valence-corrected chi connectivity index (χ2v) is 4.50. The number of allylic oxidation sites excluding steroid dienone is 2. The maximum absolute atomic E-state index is 5.28. The van der Waals surface area contributed by atoms with Crippen LogP contribution in [0.1, 0.15) is 33.6 Å². The van der Waals surface area contributed by atoms with Crippen LogP contribution < -0.4 is 0 Å². The van der Waals surface area contributed by atoms with Crippen molar-refractivity contribution in [1.82, 2.24) is 4.90 Å². The van der Waals surface area contributed by atoms with E-state index in [9.17, 15) is 0 Å². The summed E-state index contributed by atoms with van der Waals surface area (Å²) in [6.07, 6.45) is 17.0. The Kier molecular flexibility index (Phi) is 10.0. The van der Waals surface area contributed by atoms with Crippen molar-refractivity contribution < 1.29 is 0 Å². The molecular weight excluding hydrogens is 220 g/mol. The summed E-state index contributed by atoms with van der Waals surface area (Å²) in [4.78, 5) is 6.42. The average Bonchev–Trinajstić information content (AvgIpc) is 2.38. The molecule has 0 amide bonds. The molecule has 0 aliphatic heterocycles. The summed E-state index contributed by atoms with van der Waals surface area (Å²) in [5, 5.41) is 0. The first-order chi connectivity index (χ1) is 8.63. The third kappa shape index (κ3) is 7.86. The minimum absolute atomic E-state index is 0.488. The third-order valence-corrected chi connectivity index (χ3v) is 3.05. The molecule has 0 heterocycles. The molecule has 0 N–H and O–H groups in total. The van der Waals surface area contributed by atoms with Crippen molar-refractivity contribution in [2.24, 2.45) is 10.9 Å². The predicted molar refractivity (Wildman–Crippen MR) is 81.8 cm³/mol. The molecule has 0 saturated heterocycles. The van der Waals surface area contributed by atoms with E-state index < -0.39 is 0 Å². The summed E-state index contributed by atoms with van der Waals surface area (Å²) in [6, 6.07) is 0.488. The summed E-state index contributed by atoms with van der Waals surface area (Å²) in [6.45, 7) is 7.47. The topological polar surface area (TPSA) is 15.6 Å². The molecule has 0 aliphatic rings. The standard InChI is InChI=1S/C16H26N2/c1-6-8-14-18(5)16(4)15(3)11-9-10-13-17-12-7-2/h1,9-13,15-16H,7-8,14H2,2-5H3/b11-9+,13-10-,17-12?. The van der Waals surface area contributed by atoms with Crippen LogP contribution in [0.25, 0.3) is 0 Å². The first-order valence-electron chi connectivity index (χ1n) is 6.62. The van der Waals surface area contributed by atoms with Crippen LogP contribution in [0.15, 0.2) is 29.4 Å². The number of rotatable bonds is 8. The Morgan fingerprint density at radius 1 is 1.33 bits per heavy atom. The third-order valence-electron chi connectivity index (χ3n) is 3.05. The maximum Gasteiger partial charge on any atom is 0.0263 e.